The third kappa shape index (κ3) is 1.66. The van der Waals surface area contributed by atoms with Crippen molar-refractivity contribution in [3.8, 4) is 0 Å². The Morgan fingerprint density at radius 2 is 2.00 bits per heavy atom. The molecule has 0 atom stereocenters. The van der Waals surface area contributed by atoms with E-state index < -0.39 is 0 Å². The van der Waals surface area contributed by atoms with E-state index in [-0.39, 0.29) is 0 Å². The first-order valence-corrected chi connectivity index (χ1v) is 3.62. The monoisotopic (exact) mass is 128 g/mol. The lowest BCUT2D eigenvalue weighted by Gasteiger charge is -2.25. The molecule has 0 unspecified atom stereocenters. The van der Waals surface area contributed by atoms with Crippen LogP contribution in [0.25, 0.3) is 0 Å². The summed E-state index contributed by atoms with van der Waals surface area (Å²) in [5.41, 5.74) is 5.82. The first kappa shape index (κ1) is 7.03. The van der Waals surface area contributed by atoms with Crippen LogP contribution in [0.1, 0.15) is 20.3 Å². The minimum absolute atomic E-state index is 0.370. The molecule has 0 spiro atoms. The van der Waals surface area contributed by atoms with E-state index in [1.165, 1.54) is 13.1 Å². The Balaban J connectivity index is 2.30. The lowest BCUT2D eigenvalue weighted by atomic mass is 10.0. The van der Waals surface area contributed by atoms with E-state index in [2.05, 4.69) is 18.7 Å². The third-order valence-electron chi connectivity index (χ3n) is 2.06. The second-order valence-corrected chi connectivity index (χ2v) is 3.34. The van der Waals surface area contributed by atoms with Gasteiger partial charge in [-0.2, -0.15) is 0 Å². The Morgan fingerprint density at radius 3 is 2.33 bits per heavy atom. The topological polar surface area (TPSA) is 29.0 Å². The molecule has 0 radical (unpaired) electrons. The highest BCUT2D eigenvalue weighted by Crippen LogP contribution is 2.24. The molecule has 2 heteroatoms. The molecule has 1 fully saturated rings. The van der Waals surface area contributed by atoms with Crippen LogP contribution < -0.4 is 5.73 Å². The fourth-order valence-corrected chi connectivity index (χ4v) is 1.17. The predicted molar refractivity (Wildman–Crippen MR) is 39.3 cm³/mol. The van der Waals surface area contributed by atoms with E-state index in [1.54, 1.807) is 0 Å². The van der Waals surface area contributed by atoms with Gasteiger partial charge in [0.2, 0.25) is 0 Å². The van der Waals surface area contributed by atoms with E-state index in [9.17, 15) is 0 Å². The van der Waals surface area contributed by atoms with Crippen LogP contribution in [0.4, 0.5) is 0 Å². The molecule has 9 heavy (non-hydrogen) atoms. The van der Waals surface area contributed by atoms with Crippen LogP contribution in [-0.4, -0.2) is 30.1 Å². The van der Waals surface area contributed by atoms with Gasteiger partial charge in [0, 0.05) is 18.6 Å². The zero-order chi connectivity index (χ0) is 6.91. The molecule has 2 nitrogen and oxygen atoms in total. The van der Waals surface area contributed by atoms with E-state index >= 15 is 0 Å². The minimum atomic E-state index is 0.370. The molecule has 0 aliphatic carbocycles. The van der Waals surface area contributed by atoms with Gasteiger partial charge in [-0.3, -0.25) is 4.90 Å². The second-order valence-electron chi connectivity index (χ2n) is 3.34. The van der Waals surface area contributed by atoms with Crippen LogP contribution in [0.15, 0.2) is 0 Å². The molecule has 0 saturated carbocycles. The molecule has 54 valence electrons. The zero-order valence-electron chi connectivity index (χ0n) is 6.35. The molecule has 2 N–H and O–H groups in total. The third-order valence-corrected chi connectivity index (χ3v) is 2.06. The molecular weight excluding hydrogens is 112 g/mol. The zero-order valence-corrected chi connectivity index (χ0v) is 6.35. The van der Waals surface area contributed by atoms with Crippen molar-refractivity contribution in [2.45, 2.75) is 25.8 Å². The van der Waals surface area contributed by atoms with Gasteiger partial charge in [-0.1, -0.05) is 0 Å². The lowest BCUT2D eigenvalue weighted by Crippen LogP contribution is -2.32. The molecule has 0 bridgehead atoms. The summed E-state index contributed by atoms with van der Waals surface area (Å²) in [7, 11) is 0. The maximum Gasteiger partial charge on any atom is 0.0166 e. The maximum absolute atomic E-state index is 5.45. The van der Waals surface area contributed by atoms with Crippen molar-refractivity contribution in [3.63, 3.8) is 0 Å². The molecule has 1 rings (SSSR count). The summed E-state index contributed by atoms with van der Waals surface area (Å²) in [5.74, 6) is 0. The number of hydrogen-bond acceptors (Lipinski definition) is 2. The Morgan fingerprint density at radius 1 is 1.44 bits per heavy atom. The van der Waals surface area contributed by atoms with Crippen molar-refractivity contribution in [2.75, 3.05) is 19.6 Å². The highest BCUT2D eigenvalue weighted by atomic mass is 15.3. The molecular formula is C7H16N2. The van der Waals surface area contributed by atoms with Crippen LogP contribution in [0.5, 0.6) is 0 Å². The van der Waals surface area contributed by atoms with Gasteiger partial charge < -0.3 is 5.73 Å². The first-order chi connectivity index (χ1) is 4.17. The van der Waals surface area contributed by atoms with E-state index in [0.717, 1.165) is 13.0 Å². The molecule has 1 heterocycles. The van der Waals surface area contributed by atoms with Gasteiger partial charge in [0.15, 0.2) is 0 Å². The van der Waals surface area contributed by atoms with Crippen LogP contribution in [-0.2, 0) is 0 Å². The number of hydrogen-bond donors (Lipinski definition) is 1. The van der Waals surface area contributed by atoms with Crippen LogP contribution in [0.2, 0.25) is 0 Å². The molecule has 1 aliphatic rings. The smallest absolute Gasteiger partial charge is 0.0166 e. The normalized spacial score (nSPS) is 20.3. The second kappa shape index (κ2) is 2.27. The molecule has 0 aromatic rings. The van der Waals surface area contributed by atoms with Crippen molar-refractivity contribution in [2.24, 2.45) is 5.73 Å². The fourth-order valence-electron chi connectivity index (χ4n) is 1.17. The van der Waals surface area contributed by atoms with Gasteiger partial charge >= 0.3 is 0 Å². The van der Waals surface area contributed by atoms with Crippen molar-refractivity contribution in [3.05, 3.63) is 0 Å². The summed E-state index contributed by atoms with van der Waals surface area (Å²) < 4.78 is 0. The summed E-state index contributed by atoms with van der Waals surface area (Å²) in [6.45, 7) is 7.86. The van der Waals surface area contributed by atoms with Crippen molar-refractivity contribution in [1.29, 1.82) is 0 Å². The van der Waals surface area contributed by atoms with E-state index in [4.69, 9.17) is 5.73 Å². The number of nitrogens with zero attached hydrogens (tertiary/aromatic N) is 1. The number of rotatable bonds is 3. The largest absolute Gasteiger partial charge is 0.330 e. The van der Waals surface area contributed by atoms with Crippen LogP contribution in [0.3, 0.4) is 0 Å². The van der Waals surface area contributed by atoms with Gasteiger partial charge in [0.1, 0.15) is 0 Å². The summed E-state index contributed by atoms with van der Waals surface area (Å²) >= 11 is 0. The highest BCUT2D eigenvalue weighted by Gasteiger charge is 2.33. The fraction of sp³-hybridized carbons (Fsp3) is 1.00. The molecule has 1 aliphatic heterocycles. The Bertz CT molecular complexity index is 95.1. The van der Waals surface area contributed by atoms with Crippen LogP contribution in [0, 0.1) is 0 Å². The van der Waals surface area contributed by atoms with Gasteiger partial charge in [-0.25, -0.2) is 0 Å². The molecule has 0 aromatic carbocycles. The van der Waals surface area contributed by atoms with Crippen molar-refractivity contribution >= 4 is 0 Å². The molecule has 1 saturated heterocycles. The average molecular weight is 128 g/mol. The van der Waals surface area contributed by atoms with Crippen LogP contribution >= 0.6 is 0 Å². The Kier molecular flexibility index (Phi) is 1.78. The van der Waals surface area contributed by atoms with E-state index in [0.29, 0.717) is 5.54 Å². The predicted octanol–water partition coefficient (Wildman–Crippen LogP) is 0.429. The first-order valence-electron chi connectivity index (χ1n) is 3.62. The Hall–Kier alpha value is -0.0800. The quantitative estimate of drug-likeness (QED) is 0.558. The maximum atomic E-state index is 5.45. The SMILES string of the molecule is CC(C)(CCN)N1CC1. The van der Waals surface area contributed by atoms with Crippen molar-refractivity contribution < 1.29 is 0 Å². The summed E-state index contributed by atoms with van der Waals surface area (Å²) in [6, 6.07) is 0. The van der Waals surface area contributed by atoms with Gasteiger partial charge in [-0.05, 0) is 26.8 Å². The number of nitrogens with two attached hydrogens (primary N) is 1. The van der Waals surface area contributed by atoms with E-state index in [1.807, 2.05) is 0 Å². The molecule has 0 amide bonds. The molecule has 0 aromatic heterocycles. The summed E-state index contributed by atoms with van der Waals surface area (Å²) in [4.78, 5) is 2.44. The van der Waals surface area contributed by atoms with Crippen molar-refractivity contribution in [1.82, 2.24) is 4.90 Å². The van der Waals surface area contributed by atoms with Gasteiger partial charge in [0.05, 0.1) is 0 Å². The summed E-state index contributed by atoms with van der Waals surface area (Å²) in [5, 5.41) is 0. The standard InChI is InChI=1S/C7H16N2/c1-7(2,3-4-8)9-5-6-9/h3-6,8H2,1-2H3. The Labute approximate surface area is 57.0 Å². The minimum Gasteiger partial charge on any atom is -0.330 e. The van der Waals surface area contributed by atoms with Gasteiger partial charge in [0.25, 0.3) is 0 Å². The highest BCUT2D eigenvalue weighted by molar-refractivity contribution is 4.90. The average Bonchev–Trinajstić information content (AvgIpc) is 2.41. The van der Waals surface area contributed by atoms with Gasteiger partial charge in [-0.15, -0.1) is 0 Å². The lowest BCUT2D eigenvalue weighted by molar-refractivity contribution is 0.265. The summed E-state index contributed by atoms with van der Waals surface area (Å²) in [6.07, 6.45) is 1.12.